The zero-order chi connectivity index (χ0) is 18.0. The molecule has 0 unspecified atom stereocenters. The van der Waals surface area contributed by atoms with Crippen LogP contribution in [0, 0.1) is 0 Å². The molecule has 1 fully saturated rings. The molecule has 2 amide bonds. The number of likely N-dealkylation sites (tertiary alicyclic amines) is 1. The number of nitrogens with zero attached hydrogens (tertiary/aromatic N) is 1. The van der Waals surface area contributed by atoms with Gasteiger partial charge in [-0.1, -0.05) is 23.2 Å². The lowest BCUT2D eigenvalue weighted by Crippen LogP contribution is -2.46. The molecule has 8 heteroatoms. The fraction of sp³-hybridized carbons (Fsp3) is 0.294. The van der Waals surface area contributed by atoms with E-state index in [-0.39, 0.29) is 17.9 Å². The maximum absolute atomic E-state index is 12.3. The minimum absolute atomic E-state index is 0.00865. The van der Waals surface area contributed by atoms with Crippen molar-refractivity contribution in [3.63, 3.8) is 0 Å². The van der Waals surface area contributed by atoms with Crippen LogP contribution >= 0.6 is 39.1 Å². The molecular weight excluding hydrogens is 431 g/mol. The summed E-state index contributed by atoms with van der Waals surface area (Å²) in [6.07, 6.45) is 1.36. The first-order valence-electron chi connectivity index (χ1n) is 7.74. The van der Waals surface area contributed by atoms with Gasteiger partial charge in [-0.3, -0.25) is 9.59 Å². The summed E-state index contributed by atoms with van der Waals surface area (Å²) in [6.45, 7) is 1.12. The summed E-state index contributed by atoms with van der Waals surface area (Å²) in [4.78, 5) is 26.4. The quantitative estimate of drug-likeness (QED) is 0.762. The third-order valence-corrected chi connectivity index (χ3v) is 5.25. The average molecular weight is 446 g/mol. The molecule has 1 aliphatic heterocycles. The number of hydrogen-bond acceptors (Lipinski definition) is 3. The number of amides is 2. The third-order valence-electron chi connectivity index (χ3n) is 4.08. The fourth-order valence-corrected chi connectivity index (χ4v) is 3.32. The van der Waals surface area contributed by atoms with E-state index in [1.807, 2.05) is 0 Å². The highest BCUT2D eigenvalue weighted by Crippen LogP contribution is 2.23. The van der Waals surface area contributed by atoms with E-state index in [0.717, 1.165) is 0 Å². The lowest BCUT2D eigenvalue weighted by atomic mass is 10.0. The summed E-state index contributed by atoms with van der Waals surface area (Å²) in [7, 11) is 0. The molecule has 5 nitrogen and oxygen atoms in total. The summed E-state index contributed by atoms with van der Waals surface area (Å²) in [5, 5.41) is 3.73. The zero-order valence-electron chi connectivity index (χ0n) is 13.1. The minimum Gasteiger partial charge on any atom is -0.444 e. The van der Waals surface area contributed by atoms with Crippen molar-refractivity contribution >= 4 is 50.9 Å². The lowest BCUT2D eigenvalue weighted by Gasteiger charge is -2.31. The highest BCUT2D eigenvalue weighted by Gasteiger charge is 2.26. The van der Waals surface area contributed by atoms with Crippen LogP contribution in [0.1, 0.15) is 33.8 Å². The van der Waals surface area contributed by atoms with E-state index in [0.29, 0.717) is 52.0 Å². The van der Waals surface area contributed by atoms with E-state index >= 15 is 0 Å². The largest absolute Gasteiger partial charge is 0.444 e. The Balaban J connectivity index is 1.54. The van der Waals surface area contributed by atoms with Gasteiger partial charge in [-0.2, -0.15) is 0 Å². The van der Waals surface area contributed by atoms with E-state index < -0.39 is 0 Å². The molecule has 1 aliphatic rings. The Morgan fingerprint density at radius 2 is 1.84 bits per heavy atom. The molecular formula is C17H15BrCl2N2O3. The molecule has 1 saturated heterocycles. The van der Waals surface area contributed by atoms with Crippen LogP contribution in [0.25, 0.3) is 0 Å². The van der Waals surface area contributed by atoms with Crippen molar-refractivity contribution in [3.05, 3.63) is 56.4 Å². The molecule has 2 aromatic rings. The Bertz CT molecular complexity index is 801. The van der Waals surface area contributed by atoms with Crippen molar-refractivity contribution in [3.8, 4) is 0 Å². The second kappa shape index (κ2) is 7.81. The summed E-state index contributed by atoms with van der Waals surface area (Å²) in [6, 6.07) is 8.13. The fourth-order valence-electron chi connectivity index (χ4n) is 2.72. The van der Waals surface area contributed by atoms with Crippen molar-refractivity contribution in [2.24, 2.45) is 0 Å². The van der Waals surface area contributed by atoms with Crippen molar-refractivity contribution in [2.45, 2.75) is 18.9 Å². The molecule has 132 valence electrons. The number of carbonyl (C=O) groups excluding carboxylic acids is 2. The Hall–Kier alpha value is -1.50. The van der Waals surface area contributed by atoms with Crippen LogP contribution in [0.2, 0.25) is 10.0 Å². The van der Waals surface area contributed by atoms with Crippen LogP contribution in [0.4, 0.5) is 0 Å². The number of nitrogens with one attached hydrogen (secondary N) is 1. The van der Waals surface area contributed by atoms with Crippen molar-refractivity contribution in [1.29, 1.82) is 0 Å². The van der Waals surface area contributed by atoms with E-state index in [9.17, 15) is 9.59 Å². The third kappa shape index (κ3) is 4.37. The Labute approximate surface area is 163 Å². The molecule has 0 atom stereocenters. The van der Waals surface area contributed by atoms with E-state index in [4.69, 9.17) is 27.6 Å². The summed E-state index contributed by atoms with van der Waals surface area (Å²) >= 11 is 15.0. The van der Waals surface area contributed by atoms with E-state index in [2.05, 4.69) is 21.2 Å². The standard InChI is InChI=1S/C17H15BrCl2N2O3/c18-15-4-3-14(25-15)17(24)22-7-5-11(6-8-22)21-16(23)10-1-2-12(19)13(20)9-10/h1-4,9,11H,5-8H2,(H,21,23). The topological polar surface area (TPSA) is 62.6 Å². The van der Waals surface area contributed by atoms with Crippen LogP contribution in [0.5, 0.6) is 0 Å². The number of rotatable bonds is 3. The van der Waals surface area contributed by atoms with Crippen LogP contribution in [0.15, 0.2) is 39.4 Å². The molecule has 25 heavy (non-hydrogen) atoms. The molecule has 0 radical (unpaired) electrons. The highest BCUT2D eigenvalue weighted by molar-refractivity contribution is 9.10. The monoisotopic (exact) mass is 444 g/mol. The number of furan rings is 1. The number of piperidine rings is 1. The van der Waals surface area contributed by atoms with Gasteiger partial charge in [0.25, 0.3) is 11.8 Å². The van der Waals surface area contributed by atoms with Gasteiger partial charge in [0.1, 0.15) is 0 Å². The predicted octanol–water partition coefficient (Wildman–Crippen LogP) is 4.38. The first kappa shape index (κ1) is 18.3. The van der Waals surface area contributed by atoms with Crippen LogP contribution in [-0.4, -0.2) is 35.8 Å². The van der Waals surface area contributed by atoms with Crippen molar-refractivity contribution in [2.75, 3.05) is 13.1 Å². The number of carbonyl (C=O) groups is 2. The summed E-state index contributed by atoms with van der Waals surface area (Å²) in [5.74, 6) is -0.0246. The highest BCUT2D eigenvalue weighted by atomic mass is 79.9. The van der Waals surface area contributed by atoms with E-state index in [1.165, 1.54) is 0 Å². The number of halogens is 3. The van der Waals surface area contributed by atoms with Crippen LogP contribution < -0.4 is 5.32 Å². The molecule has 1 N–H and O–H groups in total. The number of benzene rings is 1. The minimum atomic E-state index is -0.196. The van der Waals surface area contributed by atoms with Gasteiger partial charge >= 0.3 is 0 Å². The Morgan fingerprint density at radius 3 is 2.44 bits per heavy atom. The normalized spacial score (nSPS) is 15.2. The summed E-state index contributed by atoms with van der Waals surface area (Å²) < 4.78 is 5.83. The molecule has 1 aromatic heterocycles. The average Bonchev–Trinajstić information content (AvgIpc) is 3.04. The molecule has 0 spiro atoms. The van der Waals surface area contributed by atoms with Crippen LogP contribution in [0.3, 0.4) is 0 Å². The van der Waals surface area contributed by atoms with Crippen LogP contribution in [-0.2, 0) is 0 Å². The van der Waals surface area contributed by atoms with Gasteiger partial charge < -0.3 is 14.6 Å². The van der Waals surface area contributed by atoms with Gasteiger partial charge in [0.15, 0.2) is 10.4 Å². The lowest BCUT2D eigenvalue weighted by molar-refractivity contribution is 0.0666. The molecule has 0 bridgehead atoms. The van der Waals surface area contributed by atoms with E-state index in [1.54, 1.807) is 35.2 Å². The SMILES string of the molecule is O=C(NC1CCN(C(=O)c2ccc(Br)o2)CC1)c1ccc(Cl)c(Cl)c1. The van der Waals surface area contributed by atoms with Crippen molar-refractivity contribution < 1.29 is 14.0 Å². The number of hydrogen-bond donors (Lipinski definition) is 1. The second-order valence-electron chi connectivity index (χ2n) is 5.77. The maximum Gasteiger partial charge on any atom is 0.289 e. The van der Waals surface area contributed by atoms with Gasteiger partial charge in [-0.15, -0.1) is 0 Å². The van der Waals surface area contributed by atoms with Crippen molar-refractivity contribution in [1.82, 2.24) is 10.2 Å². The zero-order valence-corrected chi connectivity index (χ0v) is 16.2. The summed E-state index contributed by atoms with van der Waals surface area (Å²) in [5.41, 5.74) is 0.466. The van der Waals surface area contributed by atoms with Gasteiger partial charge in [0, 0.05) is 24.7 Å². The van der Waals surface area contributed by atoms with Gasteiger partial charge in [-0.25, -0.2) is 0 Å². The first-order valence-corrected chi connectivity index (χ1v) is 9.29. The molecule has 0 aliphatic carbocycles. The predicted molar refractivity (Wildman–Crippen MR) is 99.3 cm³/mol. The second-order valence-corrected chi connectivity index (χ2v) is 7.37. The Morgan fingerprint density at radius 1 is 1.12 bits per heavy atom. The first-order chi connectivity index (χ1) is 11.9. The maximum atomic E-state index is 12.3. The Kier molecular flexibility index (Phi) is 5.71. The van der Waals surface area contributed by atoms with Gasteiger partial charge in [-0.05, 0) is 59.1 Å². The van der Waals surface area contributed by atoms with Gasteiger partial charge in [0.2, 0.25) is 0 Å². The molecule has 0 saturated carbocycles. The molecule has 3 rings (SSSR count). The smallest absolute Gasteiger partial charge is 0.289 e. The molecule has 2 heterocycles. The van der Waals surface area contributed by atoms with Gasteiger partial charge in [0.05, 0.1) is 10.0 Å². The molecule has 1 aromatic carbocycles.